The van der Waals surface area contributed by atoms with Gasteiger partial charge in [-0.1, -0.05) is 12.1 Å². The predicted molar refractivity (Wildman–Crippen MR) is 104 cm³/mol. The van der Waals surface area contributed by atoms with Crippen molar-refractivity contribution in [3.63, 3.8) is 0 Å². The highest BCUT2D eigenvalue weighted by molar-refractivity contribution is 6.05. The summed E-state index contributed by atoms with van der Waals surface area (Å²) in [6.45, 7) is 0.555. The van der Waals surface area contributed by atoms with Crippen LogP contribution in [-0.2, 0) is 27.5 Å². The number of imide groups is 1. The number of benzene rings is 1. The van der Waals surface area contributed by atoms with E-state index in [1.807, 2.05) is 12.1 Å². The SMILES string of the molecule is O=C1CCC(N2Cc3ccc(CNC(=O)C4CC5(C4)CC(F)(F)C5)cc3C2=O)C(=O)N1. The number of hydrogen-bond donors (Lipinski definition) is 2. The molecule has 2 N–H and O–H groups in total. The van der Waals surface area contributed by atoms with Crippen LogP contribution in [0.15, 0.2) is 18.2 Å². The van der Waals surface area contributed by atoms with Crippen LogP contribution in [0.5, 0.6) is 0 Å². The zero-order valence-corrected chi connectivity index (χ0v) is 16.9. The van der Waals surface area contributed by atoms with E-state index in [4.69, 9.17) is 0 Å². The summed E-state index contributed by atoms with van der Waals surface area (Å²) in [4.78, 5) is 50.2. The standard InChI is InChI=1S/C22H23F2N3O4/c23-22(24)10-21(11-22)6-14(7-21)18(29)25-8-12-1-2-13-9-27(20(31)15(13)5-12)16-3-4-17(28)26-19(16)30/h1-2,5,14,16H,3-4,6-11H2,(H,25,29)(H,26,28,30). The number of piperidine rings is 1. The topological polar surface area (TPSA) is 95.6 Å². The Kier molecular flexibility index (Phi) is 4.43. The fourth-order valence-corrected chi connectivity index (χ4v) is 5.55. The van der Waals surface area contributed by atoms with Gasteiger partial charge in [-0.2, -0.15) is 0 Å². The molecule has 1 spiro atoms. The Balaban J connectivity index is 1.17. The Bertz CT molecular complexity index is 992. The summed E-state index contributed by atoms with van der Waals surface area (Å²) in [5.74, 6) is -3.98. The number of rotatable bonds is 4. The number of fused-ring (bicyclic) bond motifs is 1. The van der Waals surface area contributed by atoms with Gasteiger partial charge in [0, 0.05) is 43.8 Å². The summed E-state index contributed by atoms with van der Waals surface area (Å²) in [5.41, 5.74) is 1.72. The van der Waals surface area contributed by atoms with Crippen LogP contribution >= 0.6 is 0 Å². The molecule has 5 rings (SSSR count). The van der Waals surface area contributed by atoms with Crippen molar-refractivity contribution >= 4 is 23.6 Å². The van der Waals surface area contributed by atoms with Gasteiger partial charge in [0.2, 0.25) is 23.6 Å². The zero-order chi connectivity index (χ0) is 22.0. The third-order valence-electron chi connectivity index (χ3n) is 7.06. The average Bonchev–Trinajstić information content (AvgIpc) is 2.98. The Labute approximate surface area is 177 Å². The monoisotopic (exact) mass is 431 g/mol. The van der Waals surface area contributed by atoms with E-state index in [0.717, 1.165) is 11.1 Å². The molecular formula is C22H23F2N3O4. The van der Waals surface area contributed by atoms with Gasteiger partial charge in [0.15, 0.2) is 0 Å². The van der Waals surface area contributed by atoms with E-state index in [1.165, 1.54) is 4.90 Å². The minimum absolute atomic E-state index is 0.111. The number of hydrogen-bond acceptors (Lipinski definition) is 4. The van der Waals surface area contributed by atoms with Crippen molar-refractivity contribution in [1.82, 2.24) is 15.5 Å². The van der Waals surface area contributed by atoms with E-state index >= 15 is 0 Å². The van der Waals surface area contributed by atoms with Crippen LogP contribution < -0.4 is 10.6 Å². The Morgan fingerprint density at radius 2 is 1.94 bits per heavy atom. The predicted octanol–water partition coefficient (Wildman–Crippen LogP) is 1.89. The first kappa shape index (κ1) is 20.1. The number of nitrogens with one attached hydrogen (secondary N) is 2. The van der Waals surface area contributed by atoms with E-state index in [0.29, 0.717) is 31.4 Å². The number of halogens is 2. The summed E-state index contributed by atoms with van der Waals surface area (Å²) in [7, 11) is 0. The third-order valence-corrected chi connectivity index (χ3v) is 7.06. The number of carbonyl (C=O) groups is 4. The van der Waals surface area contributed by atoms with Crippen molar-refractivity contribution < 1.29 is 28.0 Å². The molecule has 2 aliphatic carbocycles. The van der Waals surface area contributed by atoms with Crippen molar-refractivity contribution in [3.05, 3.63) is 34.9 Å². The number of nitrogens with zero attached hydrogens (tertiary/aromatic N) is 1. The fraction of sp³-hybridized carbons (Fsp3) is 0.545. The molecule has 2 saturated carbocycles. The van der Waals surface area contributed by atoms with Crippen LogP contribution in [0.3, 0.4) is 0 Å². The van der Waals surface area contributed by atoms with Crippen LogP contribution in [0.25, 0.3) is 0 Å². The fourth-order valence-electron chi connectivity index (χ4n) is 5.55. The maximum atomic E-state index is 13.1. The number of alkyl halides is 2. The van der Waals surface area contributed by atoms with Crippen LogP contribution in [0.2, 0.25) is 0 Å². The number of carbonyl (C=O) groups excluding carboxylic acids is 4. The lowest BCUT2D eigenvalue weighted by Crippen LogP contribution is -2.56. The third kappa shape index (κ3) is 3.49. The minimum atomic E-state index is -2.57. The molecule has 4 amide bonds. The van der Waals surface area contributed by atoms with E-state index in [-0.39, 0.29) is 54.9 Å². The molecular weight excluding hydrogens is 408 g/mol. The van der Waals surface area contributed by atoms with Gasteiger partial charge in [0.1, 0.15) is 6.04 Å². The minimum Gasteiger partial charge on any atom is -0.352 e. The second-order valence-electron chi connectivity index (χ2n) is 9.42. The summed E-state index contributed by atoms with van der Waals surface area (Å²) in [6, 6.07) is 4.70. The van der Waals surface area contributed by atoms with Gasteiger partial charge < -0.3 is 10.2 Å². The highest BCUT2D eigenvalue weighted by atomic mass is 19.3. The summed E-state index contributed by atoms with van der Waals surface area (Å²) < 4.78 is 26.2. The Morgan fingerprint density at radius 3 is 2.61 bits per heavy atom. The Hall–Kier alpha value is -2.84. The van der Waals surface area contributed by atoms with Crippen LogP contribution in [0.4, 0.5) is 8.78 Å². The van der Waals surface area contributed by atoms with Gasteiger partial charge in [-0.3, -0.25) is 24.5 Å². The van der Waals surface area contributed by atoms with Gasteiger partial charge in [0.05, 0.1) is 0 Å². The Morgan fingerprint density at radius 1 is 1.19 bits per heavy atom. The molecule has 1 unspecified atom stereocenters. The average molecular weight is 431 g/mol. The quantitative estimate of drug-likeness (QED) is 0.712. The molecule has 2 heterocycles. The van der Waals surface area contributed by atoms with Gasteiger partial charge in [-0.25, -0.2) is 8.78 Å². The van der Waals surface area contributed by atoms with E-state index in [9.17, 15) is 28.0 Å². The molecule has 31 heavy (non-hydrogen) atoms. The molecule has 7 nitrogen and oxygen atoms in total. The normalized spacial score (nSPS) is 26.2. The first-order valence-electron chi connectivity index (χ1n) is 10.6. The van der Waals surface area contributed by atoms with Gasteiger partial charge in [-0.15, -0.1) is 0 Å². The molecule has 0 radical (unpaired) electrons. The van der Waals surface area contributed by atoms with Crippen molar-refractivity contribution in [2.45, 2.75) is 63.6 Å². The lowest BCUT2D eigenvalue weighted by Gasteiger charge is -2.56. The molecule has 1 atom stereocenters. The van der Waals surface area contributed by atoms with E-state index in [1.54, 1.807) is 6.07 Å². The van der Waals surface area contributed by atoms with E-state index in [2.05, 4.69) is 10.6 Å². The molecule has 1 aromatic carbocycles. The lowest BCUT2D eigenvalue weighted by atomic mass is 9.50. The molecule has 3 fully saturated rings. The number of amides is 4. The largest absolute Gasteiger partial charge is 0.352 e. The molecule has 164 valence electrons. The summed E-state index contributed by atoms with van der Waals surface area (Å²) >= 11 is 0. The maximum Gasteiger partial charge on any atom is 0.255 e. The zero-order valence-electron chi connectivity index (χ0n) is 16.9. The first-order valence-corrected chi connectivity index (χ1v) is 10.6. The molecule has 4 aliphatic rings. The molecule has 9 heteroatoms. The van der Waals surface area contributed by atoms with Gasteiger partial charge in [0.25, 0.3) is 5.91 Å². The first-order chi connectivity index (χ1) is 14.6. The molecule has 0 aromatic heterocycles. The second kappa shape index (κ2) is 6.83. The van der Waals surface area contributed by atoms with Crippen LogP contribution in [0, 0.1) is 11.3 Å². The summed E-state index contributed by atoms with van der Waals surface area (Å²) in [6.07, 6.45) is 1.31. The van der Waals surface area contributed by atoms with Crippen LogP contribution in [0.1, 0.15) is 60.0 Å². The van der Waals surface area contributed by atoms with Crippen molar-refractivity contribution in [3.8, 4) is 0 Å². The van der Waals surface area contributed by atoms with Gasteiger partial charge >= 0.3 is 0 Å². The lowest BCUT2D eigenvalue weighted by molar-refractivity contribution is -0.207. The molecule has 1 saturated heterocycles. The van der Waals surface area contributed by atoms with Gasteiger partial charge in [-0.05, 0) is 41.9 Å². The van der Waals surface area contributed by atoms with Crippen molar-refractivity contribution in [1.29, 1.82) is 0 Å². The highest BCUT2D eigenvalue weighted by Gasteiger charge is 2.62. The van der Waals surface area contributed by atoms with E-state index < -0.39 is 17.9 Å². The maximum absolute atomic E-state index is 13.1. The van der Waals surface area contributed by atoms with Crippen molar-refractivity contribution in [2.75, 3.05) is 0 Å². The van der Waals surface area contributed by atoms with Crippen molar-refractivity contribution in [2.24, 2.45) is 11.3 Å². The second-order valence-corrected chi connectivity index (χ2v) is 9.42. The summed E-state index contributed by atoms with van der Waals surface area (Å²) in [5, 5.41) is 5.12. The highest BCUT2D eigenvalue weighted by Crippen LogP contribution is 2.64. The molecule has 2 aliphatic heterocycles. The molecule has 0 bridgehead atoms. The van der Waals surface area contributed by atoms with Crippen LogP contribution in [-0.4, -0.2) is 40.5 Å². The smallest absolute Gasteiger partial charge is 0.255 e. The molecule has 1 aromatic rings.